The van der Waals surface area contributed by atoms with Crippen molar-refractivity contribution in [2.45, 2.75) is 32.4 Å². The van der Waals surface area contributed by atoms with Crippen LogP contribution in [0.1, 0.15) is 30.7 Å². The quantitative estimate of drug-likeness (QED) is 0.396. The number of nitrogens with one attached hydrogen (secondary N) is 1. The molecule has 0 radical (unpaired) electrons. The van der Waals surface area contributed by atoms with E-state index < -0.39 is 11.4 Å². The Balaban J connectivity index is 1.42. The Hall–Kier alpha value is -4.19. The van der Waals surface area contributed by atoms with Gasteiger partial charge >= 0.3 is 0 Å². The standard InChI is InChI=1S/C23H20F2N8O2/c1-23(2,34)19-17(25)7-13(20-28-10-30-33(19)20)15-9-27-22(32-11-29-31-21(15)32)26-8-14-12-5-6-35-18(12)4-3-16(14)24/h3-4,7,9-11,34H,5-6,8H2,1-2H3,(H,26,27). The molecular formula is C23H20F2N8O2. The van der Waals surface area contributed by atoms with Crippen molar-refractivity contribution < 1.29 is 18.6 Å². The zero-order valence-corrected chi connectivity index (χ0v) is 18.8. The van der Waals surface area contributed by atoms with Crippen LogP contribution in [0.4, 0.5) is 14.7 Å². The van der Waals surface area contributed by atoms with E-state index in [2.05, 4.69) is 30.6 Å². The molecule has 0 spiro atoms. The van der Waals surface area contributed by atoms with Crippen LogP contribution in [0.3, 0.4) is 0 Å². The second-order valence-electron chi connectivity index (χ2n) is 8.78. The van der Waals surface area contributed by atoms with Crippen molar-refractivity contribution in [2.75, 3.05) is 11.9 Å². The van der Waals surface area contributed by atoms with Gasteiger partial charge in [-0.25, -0.2) is 23.3 Å². The fourth-order valence-corrected chi connectivity index (χ4v) is 4.51. The Kier molecular flexibility index (Phi) is 4.68. The molecule has 178 valence electrons. The number of fused-ring (bicyclic) bond motifs is 3. The molecule has 12 heteroatoms. The van der Waals surface area contributed by atoms with E-state index in [9.17, 15) is 9.50 Å². The van der Waals surface area contributed by atoms with Crippen LogP contribution in [0.5, 0.6) is 5.75 Å². The molecule has 1 aliphatic rings. The smallest absolute Gasteiger partial charge is 0.210 e. The third kappa shape index (κ3) is 3.36. The van der Waals surface area contributed by atoms with Gasteiger partial charge in [-0.2, -0.15) is 5.10 Å². The summed E-state index contributed by atoms with van der Waals surface area (Å²) in [6.07, 6.45) is 4.91. The van der Waals surface area contributed by atoms with Crippen molar-refractivity contribution in [3.05, 3.63) is 65.5 Å². The van der Waals surface area contributed by atoms with Gasteiger partial charge < -0.3 is 15.2 Å². The molecule has 5 heterocycles. The normalized spacial score (nSPS) is 13.4. The van der Waals surface area contributed by atoms with Crippen LogP contribution < -0.4 is 10.1 Å². The van der Waals surface area contributed by atoms with E-state index in [1.54, 1.807) is 10.5 Å². The number of ether oxygens (including phenoxy) is 1. The number of aromatic nitrogens is 7. The SMILES string of the molecule is CC(C)(O)c1c(F)cc(-c2cnc(NCc3c(F)ccc4c3CCO4)n3cnnc23)c2ncnn12. The van der Waals surface area contributed by atoms with Gasteiger partial charge in [0.25, 0.3) is 0 Å². The van der Waals surface area contributed by atoms with Gasteiger partial charge in [0.05, 0.1) is 6.61 Å². The molecule has 0 amide bonds. The van der Waals surface area contributed by atoms with Gasteiger partial charge in [-0.05, 0) is 32.0 Å². The number of aliphatic hydroxyl groups is 1. The minimum absolute atomic E-state index is 0.0149. The Bertz CT molecular complexity index is 1610. The molecule has 35 heavy (non-hydrogen) atoms. The van der Waals surface area contributed by atoms with Crippen LogP contribution in [0.2, 0.25) is 0 Å². The highest BCUT2D eigenvalue weighted by Gasteiger charge is 2.28. The van der Waals surface area contributed by atoms with Crippen LogP contribution in [0.15, 0.2) is 37.1 Å². The van der Waals surface area contributed by atoms with Gasteiger partial charge in [-0.15, -0.1) is 10.2 Å². The molecule has 6 rings (SSSR count). The van der Waals surface area contributed by atoms with E-state index in [0.717, 1.165) is 5.56 Å². The first-order valence-corrected chi connectivity index (χ1v) is 10.9. The van der Waals surface area contributed by atoms with Gasteiger partial charge in [0.2, 0.25) is 5.95 Å². The zero-order valence-electron chi connectivity index (χ0n) is 18.8. The van der Waals surface area contributed by atoms with E-state index in [4.69, 9.17) is 4.74 Å². The summed E-state index contributed by atoms with van der Waals surface area (Å²) in [4.78, 5) is 8.74. The molecule has 10 nitrogen and oxygen atoms in total. The fourth-order valence-electron chi connectivity index (χ4n) is 4.51. The Morgan fingerprint density at radius 1 is 1.14 bits per heavy atom. The average Bonchev–Trinajstić information content (AvgIpc) is 3.56. The summed E-state index contributed by atoms with van der Waals surface area (Å²) in [5, 5.41) is 25.9. The maximum absolute atomic E-state index is 15.1. The summed E-state index contributed by atoms with van der Waals surface area (Å²) in [5.74, 6) is 0.0986. The topological polar surface area (TPSA) is 115 Å². The largest absolute Gasteiger partial charge is 0.493 e. The van der Waals surface area contributed by atoms with Crippen LogP contribution in [0.25, 0.3) is 22.4 Å². The highest BCUT2D eigenvalue weighted by Crippen LogP contribution is 2.33. The van der Waals surface area contributed by atoms with Crippen LogP contribution in [-0.2, 0) is 18.6 Å². The first-order chi connectivity index (χ1) is 16.8. The van der Waals surface area contributed by atoms with Crippen molar-refractivity contribution in [3.63, 3.8) is 0 Å². The molecule has 0 atom stereocenters. The van der Waals surface area contributed by atoms with E-state index in [0.29, 0.717) is 52.7 Å². The minimum Gasteiger partial charge on any atom is -0.493 e. The Morgan fingerprint density at radius 2 is 2.00 bits per heavy atom. The van der Waals surface area contributed by atoms with Crippen molar-refractivity contribution in [1.29, 1.82) is 0 Å². The molecule has 0 unspecified atom stereocenters. The number of hydrogen-bond acceptors (Lipinski definition) is 8. The lowest BCUT2D eigenvalue weighted by molar-refractivity contribution is 0.0669. The molecular weight excluding hydrogens is 458 g/mol. The third-order valence-corrected chi connectivity index (χ3v) is 6.06. The number of anilines is 1. The monoisotopic (exact) mass is 478 g/mol. The number of nitrogens with zero attached hydrogens (tertiary/aromatic N) is 7. The first kappa shape index (κ1) is 21.4. The lowest BCUT2D eigenvalue weighted by Gasteiger charge is -2.20. The molecule has 0 aliphatic carbocycles. The molecule has 0 saturated heterocycles. The lowest BCUT2D eigenvalue weighted by atomic mass is 10.0. The Labute approximate surface area is 197 Å². The molecule has 2 N–H and O–H groups in total. The lowest BCUT2D eigenvalue weighted by Crippen LogP contribution is -2.23. The number of benzene rings is 1. The second kappa shape index (κ2) is 7.67. The highest BCUT2D eigenvalue weighted by molar-refractivity contribution is 5.86. The number of pyridine rings is 1. The predicted octanol–water partition coefficient (Wildman–Crippen LogP) is 2.89. The second-order valence-corrected chi connectivity index (χ2v) is 8.78. The maximum atomic E-state index is 15.1. The summed E-state index contributed by atoms with van der Waals surface area (Å²) >= 11 is 0. The van der Waals surface area contributed by atoms with Gasteiger partial charge in [-0.1, -0.05) is 0 Å². The van der Waals surface area contributed by atoms with Gasteiger partial charge in [0.1, 0.15) is 41.3 Å². The summed E-state index contributed by atoms with van der Waals surface area (Å²) in [6.45, 7) is 3.65. The Morgan fingerprint density at radius 3 is 2.83 bits per heavy atom. The molecule has 0 fully saturated rings. The molecule has 0 saturated carbocycles. The first-order valence-electron chi connectivity index (χ1n) is 10.9. The summed E-state index contributed by atoms with van der Waals surface area (Å²) in [5.41, 5.74) is 1.43. The number of halogens is 2. The summed E-state index contributed by atoms with van der Waals surface area (Å²) in [6, 6.07) is 4.31. The fraction of sp³-hybridized carbons (Fsp3) is 0.261. The van der Waals surface area contributed by atoms with Crippen molar-refractivity contribution in [3.8, 4) is 16.9 Å². The summed E-state index contributed by atoms with van der Waals surface area (Å²) < 4.78 is 38.1. The van der Waals surface area contributed by atoms with Crippen LogP contribution in [-0.4, -0.2) is 45.9 Å². The van der Waals surface area contributed by atoms with E-state index in [1.165, 1.54) is 49.3 Å². The van der Waals surface area contributed by atoms with Crippen molar-refractivity contribution in [1.82, 2.24) is 34.2 Å². The van der Waals surface area contributed by atoms with E-state index in [-0.39, 0.29) is 18.1 Å². The predicted molar refractivity (Wildman–Crippen MR) is 121 cm³/mol. The van der Waals surface area contributed by atoms with E-state index in [1.807, 2.05) is 0 Å². The molecule has 0 bridgehead atoms. The van der Waals surface area contributed by atoms with E-state index >= 15 is 4.39 Å². The minimum atomic E-state index is -1.48. The molecule has 5 aromatic rings. The van der Waals surface area contributed by atoms with Crippen LogP contribution in [0, 0.1) is 11.6 Å². The average molecular weight is 478 g/mol. The van der Waals surface area contributed by atoms with Gasteiger partial charge in [-0.3, -0.25) is 4.40 Å². The van der Waals surface area contributed by atoms with Crippen molar-refractivity contribution >= 4 is 17.2 Å². The highest BCUT2D eigenvalue weighted by atomic mass is 19.1. The van der Waals surface area contributed by atoms with Crippen LogP contribution >= 0.6 is 0 Å². The number of rotatable bonds is 5. The summed E-state index contributed by atoms with van der Waals surface area (Å²) in [7, 11) is 0. The molecule has 1 aromatic carbocycles. The van der Waals surface area contributed by atoms with Crippen molar-refractivity contribution in [2.24, 2.45) is 0 Å². The number of hydrogen-bond donors (Lipinski definition) is 2. The maximum Gasteiger partial charge on any atom is 0.210 e. The zero-order chi connectivity index (χ0) is 24.3. The third-order valence-electron chi connectivity index (χ3n) is 6.06. The molecule has 4 aromatic heterocycles. The van der Waals surface area contributed by atoms with Gasteiger partial charge in [0, 0.05) is 41.4 Å². The van der Waals surface area contributed by atoms with Gasteiger partial charge in [0.15, 0.2) is 11.3 Å². The molecule has 1 aliphatic heterocycles.